The quantitative estimate of drug-likeness (QED) is 0.197. The van der Waals surface area contributed by atoms with Gasteiger partial charge in [-0.2, -0.15) is 5.26 Å². The number of fused-ring (bicyclic) bond motifs is 2. The molecule has 3 fully saturated rings. The average Bonchev–Trinajstić information content (AvgIpc) is 3.42. The Kier molecular flexibility index (Phi) is 6.19. The van der Waals surface area contributed by atoms with Crippen LogP contribution in [0.5, 0.6) is 0 Å². The smallest absolute Gasteiger partial charge is 0.149 e. The van der Waals surface area contributed by atoms with Gasteiger partial charge in [0.05, 0.1) is 39.6 Å². The van der Waals surface area contributed by atoms with Crippen LogP contribution in [0.4, 0.5) is 15.8 Å². The summed E-state index contributed by atoms with van der Waals surface area (Å²) < 4.78 is 14.9. The third kappa shape index (κ3) is 4.57. The van der Waals surface area contributed by atoms with E-state index in [2.05, 4.69) is 75.5 Å². The number of nitrogens with zero attached hydrogens (tertiary/aromatic N) is 4. The van der Waals surface area contributed by atoms with E-state index < -0.39 is 6.04 Å². The minimum Gasteiger partial charge on any atom is -0.383 e. The van der Waals surface area contributed by atoms with E-state index in [-0.39, 0.29) is 16.8 Å². The fraction of sp³-hybridized carbons (Fsp3) is 0.324. The van der Waals surface area contributed by atoms with Crippen LogP contribution in [0, 0.1) is 40.8 Å². The molecule has 43 heavy (non-hydrogen) atoms. The van der Waals surface area contributed by atoms with Gasteiger partial charge in [-0.05, 0) is 60.4 Å². The van der Waals surface area contributed by atoms with Crippen LogP contribution >= 0.6 is 0 Å². The first-order valence-electron chi connectivity index (χ1n) is 14.6. The number of aromatic nitrogens is 2. The van der Waals surface area contributed by atoms with E-state index in [0.717, 1.165) is 28.3 Å². The van der Waals surface area contributed by atoms with Crippen LogP contribution in [0.25, 0.3) is 21.8 Å². The summed E-state index contributed by atoms with van der Waals surface area (Å²) in [6.07, 6.45) is 14.8. The van der Waals surface area contributed by atoms with Gasteiger partial charge in [0.25, 0.3) is 0 Å². The molecular formula is C34H33FN8. The van der Waals surface area contributed by atoms with Crippen LogP contribution in [-0.4, -0.2) is 27.1 Å². The molecule has 3 heterocycles. The first kappa shape index (κ1) is 27.0. The van der Waals surface area contributed by atoms with Crippen LogP contribution in [0.15, 0.2) is 60.7 Å². The number of hydrazine groups is 2. The van der Waals surface area contributed by atoms with E-state index in [4.69, 9.17) is 6.42 Å². The summed E-state index contributed by atoms with van der Waals surface area (Å²) in [4.78, 5) is 8.90. The molecule has 4 aromatic rings. The summed E-state index contributed by atoms with van der Waals surface area (Å²) in [5.74, 6) is 3.20. The van der Waals surface area contributed by atoms with E-state index >= 15 is 0 Å². The van der Waals surface area contributed by atoms with Crippen molar-refractivity contribution < 1.29 is 4.39 Å². The third-order valence-electron chi connectivity index (χ3n) is 8.84. The topological polar surface area (TPSA) is 101 Å². The van der Waals surface area contributed by atoms with Gasteiger partial charge in [0.15, 0.2) is 0 Å². The highest BCUT2D eigenvalue weighted by atomic mass is 19.1. The number of benzene rings is 2. The van der Waals surface area contributed by atoms with E-state index in [9.17, 15) is 9.65 Å². The molecule has 8 nitrogen and oxygen atoms in total. The predicted octanol–water partition coefficient (Wildman–Crippen LogP) is 6.10. The largest absolute Gasteiger partial charge is 0.383 e. The van der Waals surface area contributed by atoms with Crippen molar-refractivity contribution in [2.24, 2.45) is 11.3 Å². The van der Waals surface area contributed by atoms with Crippen LogP contribution in [0.1, 0.15) is 62.8 Å². The highest BCUT2D eigenvalue weighted by Crippen LogP contribution is 2.60. The van der Waals surface area contributed by atoms with Gasteiger partial charge in [-0.15, -0.1) is 12.0 Å². The van der Waals surface area contributed by atoms with Crippen LogP contribution in [0.2, 0.25) is 0 Å². The van der Waals surface area contributed by atoms with Gasteiger partial charge in [0.1, 0.15) is 17.4 Å². The Morgan fingerprint density at radius 3 is 2.65 bits per heavy atom. The zero-order valence-corrected chi connectivity index (χ0v) is 24.4. The molecule has 4 aliphatic rings. The Morgan fingerprint density at radius 1 is 1.14 bits per heavy atom. The number of halogens is 1. The van der Waals surface area contributed by atoms with E-state index in [1.165, 1.54) is 25.3 Å². The molecule has 0 amide bonds. The van der Waals surface area contributed by atoms with Gasteiger partial charge in [0, 0.05) is 41.6 Å². The number of nitrogens with one attached hydrogen (secondary N) is 4. The number of anilines is 2. The van der Waals surface area contributed by atoms with Crippen molar-refractivity contribution in [1.82, 2.24) is 25.9 Å². The summed E-state index contributed by atoms with van der Waals surface area (Å²) in [5, 5.41) is 21.0. The minimum absolute atomic E-state index is 0.00195. The van der Waals surface area contributed by atoms with Crippen molar-refractivity contribution in [3.8, 4) is 18.4 Å². The molecule has 0 saturated heterocycles. The SMILES string of the molecule is C#Cc1cnc2c(C#N)cc(N[C@H](C3=CN(C45CC(C4)C5)NN3)c3ccc(F)c4ncccc34)cc2c1NCC(C)(C)C. The summed E-state index contributed by atoms with van der Waals surface area (Å²) in [7, 11) is 0. The second kappa shape index (κ2) is 9.86. The average molecular weight is 573 g/mol. The Bertz CT molecular complexity index is 1880. The maximum absolute atomic E-state index is 14.9. The molecule has 4 N–H and O–H groups in total. The lowest BCUT2D eigenvalue weighted by Crippen LogP contribution is -2.69. The highest BCUT2D eigenvalue weighted by molar-refractivity contribution is 5.99. The van der Waals surface area contributed by atoms with Gasteiger partial charge in [0.2, 0.25) is 0 Å². The monoisotopic (exact) mass is 572 g/mol. The number of pyridine rings is 2. The molecule has 8 rings (SSSR count). The number of nitriles is 1. The Balaban J connectivity index is 1.36. The predicted molar refractivity (Wildman–Crippen MR) is 167 cm³/mol. The number of rotatable bonds is 7. The number of hydrogen-bond acceptors (Lipinski definition) is 8. The summed E-state index contributed by atoms with van der Waals surface area (Å²) >= 11 is 0. The van der Waals surface area contributed by atoms with Crippen molar-refractivity contribution in [2.75, 3.05) is 17.2 Å². The van der Waals surface area contributed by atoms with Crippen LogP contribution < -0.4 is 21.6 Å². The van der Waals surface area contributed by atoms with Gasteiger partial charge >= 0.3 is 0 Å². The molecule has 216 valence electrons. The normalized spacial score (nSPS) is 21.2. The summed E-state index contributed by atoms with van der Waals surface area (Å²) in [5.41, 5.74) is 12.0. The molecule has 0 spiro atoms. The fourth-order valence-corrected chi connectivity index (χ4v) is 6.48. The summed E-state index contributed by atoms with van der Waals surface area (Å²) in [6.45, 7) is 7.11. The zero-order chi connectivity index (χ0) is 29.9. The maximum atomic E-state index is 14.9. The molecule has 9 heteroatoms. The first-order valence-corrected chi connectivity index (χ1v) is 14.6. The van der Waals surface area contributed by atoms with E-state index in [1.807, 2.05) is 18.2 Å². The lowest BCUT2D eigenvalue weighted by atomic mass is 9.49. The molecule has 3 aliphatic carbocycles. The summed E-state index contributed by atoms with van der Waals surface area (Å²) in [6, 6.07) is 12.6. The fourth-order valence-electron chi connectivity index (χ4n) is 6.48. The van der Waals surface area contributed by atoms with Crippen LogP contribution in [-0.2, 0) is 0 Å². The van der Waals surface area contributed by atoms with Crippen molar-refractivity contribution in [3.05, 3.63) is 83.2 Å². The minimum atomic E-state index is -0.420. The molecule has 2 aromatic carbocycles. The second-order valence-corrected chi connectivity index (χ2v) is 13.1. The molecule has 2 aromatic heterocycles. The molecule has 1 aliphatic heterocycles. The Labute approximate surface area is 250 Å². The first-order chi connectivity index (χ1) is 20.7. The molecular weight excluding hydrogens is 539 g/mol. The van der Waals surface area contributed by atoms with Crippen molar-refractivity contribution in [3.63, 3.8) is 0 Å². The standard InChI is InChI=1S/C34H33FN8/c1-5-21-17-38-30-22(16-36)11-23(12-26(30)29(21)39-19-33(2,3)4)40-32(25-8-9-27(35)31-24(25)7-6-10-37-31)28-18-43(42-41-28)34-13-20(14-34)15-34/h1,6-12,17-18,20,32,40-42H,13-15,19H2,2-4H3,(H,38,39)/t20?,32-,34?/m0/s1. The Morgan fingerprint density at radius 2 is 1.95 bits per heavy atom. The maximum Gasteiger partial charge on any atom is 0.149 e. The van der Waals surface area contributed by atoms with Gasteiger partial charge in [-0.3, -0.25) is 15.0 Å². The molecule has 0 radical (unpaired) electrons. The van der Waals surface area contributed by atoms with Crippen LogP contribution in [0.3, 0.4) is 0 Å². The van der Waals surface area contributed by atoms with Crippen molar-refractivity contribution in [2.45, 2.75) is 51.6 Å². The van der Waals surface area contributed by atoms with E-state index in [1.54, 1.807) is 24.5 Å². The lowest BCUT2D eigenvalue weighted by molar-refractivity contribution is -0.141. The molecule has 2 bridgehead atoms. The van der Waals surface area contributed by atoms with Crippen molar-refractivity contribution >= 4 is 33.2 Å². The number of terminal acetylenes is 1. The lowest BCUT2D eigenvalue weighted by Gasteiger charge is -2.64. The van der Waals surface area contributed by atoms with E-state index in [0.29, 0.717) is 39.8 Å². The van der Waals surface area contributed by atoms with Gasteiger partial charge in [-0.25, -0.2) is 4.39 Å². The third-order valence-corrected chi connectivity index (χ3v) is 8.84. The second-order valence-electron chi connectivity index (χ2n) is 13.1. The molecule has 1 atom stereocenters. The Hall–Kier alpha value is -4.86. The molecule has 3 saturated carbocycles. The molecule has 0 unspecified atom stereocenters. The highest BCUT2D eigenvalue weighted by Gasteiger charge is 2.60. The van der Waals surface area contributed by atoms with Crippen molar-refractivity contribution in [1.29, 1.82) is 5.26 Å². The zero-order valence-electron chi connectivity index (χ0n) is 24.4. The van der Waals surface area contributed by atoms with Gasteiger partial charge < -0.3 is 16.1 Å². The van der Waals surface area contributed by atoms with Gasteiger partial charge in [-0.1, -0.05) is 38.8 Å². The number of hydrogen-bond donors (Lipinski definition) is 4.